The van der Waals surface area contributed by atoms with Crippen LogP contribution in [0.5, 0.6) is 11.5 Å². The topological polar surface area (TPSA) is 117 Å². The van der Waals surface area contributed by atoms with E-state index in [1.54, 1.807) is 0 Å². The van der Waals surface area contributed by atoms with Crippen LogP contribution in [-0.2, 0) is 14.3 Å². The van der Waals surface area contributed by atoms with Crippen LogP contribution in [0.15, 0.2) is 18.2 Å². The third-order valence-electron chi connectivity index (χ3n) is 3.55. The van der Waals surface area contributed by atoms with Crippen LogP contribution < -0.4 is 14.8 Å². The van der Waals surface area contributed by atoms with Crippen LogP contribution in [-0.4, -0.2) is 48.8 Å². The minimum Gasteiger partial charge on any atom is -0.467 e. The van der Waals surface area contributed by atoms with Crippen molar-refractivity contribution < 1.29 is 28.7 Å². The van der Waals surface area contributed by atoms with E-state index in [-0.39, 0.29) is 23.8 Å². The second-order valence-corrected chi connectivity index (χ2v) is 6.21. The highest BCUT2D eigenvalue weighted by Crippen LogP contribution is 2.38. The summed E-state index contributed by atoms with van der Waals surface area (Å²) in [5.41, 5.74) is -0.0293. The van der Waals surface area contributed by atoms with E-state index >= 15 is 0 Å². The summed E-state index contributed by atoms with van der Waals surface area (Å²) in [4.78, 5) is 34.4. The molecule has 0 aromatic heterocycles. The second kappa shape index (κ2) is 9.09. The van der Waals surface area contributed by atoms with Gasteiger partial charge in [0.15, 0.2) is 11.5 Å². The molecule has 26 heavy (non-hydrogen) atoms. The minimum atomic E-state index is -0.781. The maximum absolute atomic E-state index is 12.1. The van der Waals surface area contributed by atoms with Crippen LogP contribution in [0.4, 0.5) is 5.69 Å². The highest BCUT2D eigenvalue weighted by molar-refractivity contribution is 7.98. The Morgan fingerprint density at radius 3 is 2.73 bits per heavy atom. The smallest absolute Gasteiger partial charge is 0.328 e. The zero-order valence-corrected chi connectivity index (χ0v) is 15.0. The number of carbonyl (C=O) groups excluding carboxylic acids is 2. The quantitative estimate of drug-likeness (QED) is 0.313. The third kappa shape index (κ3) is 4.88. The van der Waals surface area contributed by atoms with Crippen LogP contribution in [0.3, 0.4) is 0 Å². The predicted octanol–water partition coefficient (Wildman–Crippen LogP) is 1.75. The van der Waals surface area contributed by atoms with E-state index in [1.165, 1.54) is 37.1 Å². The van der Waals surface area contributed by atoms with E-state index < -0.39 is 22.8 Å². The molecule has 0 radical (unpaired) electrons. The molecular weight excluding hydrogens is 364 g/mol. The van der Waals surface area contributed by atoms with Crippen molar-refractivity contribution in [2.75, 3.05) is 25.9 Å². The Kier molecular flexibility index (Phi) is 6.84. The molecule has 1 aliphatic rings. The molecular formula is C16H18N2O7S. The molecule has 0 spiro atoms. The zero-order chi connectivity index (χ0) is 19.1. The fourth-order valence-electron chi connectivity index (χ4n) is 2.25. The first-order valence-electron chi connectivity index (χ1n) is 7.59. The number of nitrogens with one attached hydrogen (secondary N) is 1. The summed E-state index contributed by atoms with van der Waals surface area (Å²) in [5, 5.41) is 13.7. The van der Waals surface area contributed by atoms with Crippen molar-refractivity contribution in [2.24, 2.45) is 0 Å². The highest BCUT2D eigenvalue weighted by atomic mass is 32.2. The number of nitrogens with zero attached hydrogens (tertiary/aromatic N) is 1. The number of nitro groups is 1. The molecule has 1 N–H and O–H groups in total. The van der Waals surface area contributed by atoms with Gasteiger partial charge in [-0.05, 0) is 30.6 Å². The Labute approximate surface area is 153 Å². The van der Waals surface area contributed by atoms with Crippen LogP contribution >= 0.6 is 11.8 Å². The number of methoxy groups -OCH3 is 1. The number of benzene rings is 1. The largest absolute Gasteiger partial charge is 0.467 e. The summed E-state index contributed by atoms with van der Waals surface area (Å²) in [6.45, 7) is -0.0175. The summed E-state index contributed by atoms with van der Waals surface area (Å²) in [7, 11) is 1.24. The number of thioether (sulfide) groups is 1. The van der Waals surface area contributed by atoms with Gasteiger partial charge in [-0.15, -0.1) is 0 Å². The van der Waals surface area contributed by atoms with Crippen molar-refractivity contribution in [3.05, 3.63) is 33.9 Å². The number of hydrogen-bond acceptors (Lipinski definition) is 8. The molecule has 1 aromatic carbocycles. The predicted molar refractivity (Wildman–Crippen MR) is 95.2 cm³/mol. The standard InChI is InChI=1S/C16H18N2O7S/c1-23-16(20)11(5-6-26-2)17-15(19)4-3-10-7-13-14(25-9-24-13)8-12(10)18(21)22/h3-4,7-8,11H,5-6,9H2,1-2H3,(H,17,19)/b4-3+/t11-/m1/s1. The van der Waals surface area contributed by atoms with Crippen LogP contribution in [0, 0.1) is 10.1 Å². The van der Waals surface area contributed by atoms with Crippen molar-refractivity contribution in [2.45, 2.75) is 12.5 Å². The Morgan fingerprint density at radius 2 is 2.12 bits per heavy atom. The van der Waals surface area contributed by atoms with Gasteiger partial charge in [0, 0.05) is 6.08 Å². The number of amides is 1. The average molecular weight is 382 g/mol. The molecule has 1 aromatic rings. The van der Waals surface area contributed by atoms with Crippen molar-refractivity contribution in [1.29, 1.82) is 0 Å². The van der Waals surface area contributed by atoms with Gasteiger partial charge in [0.05, 0.1) is 23.7 Å². The molecule has 0 bridgehead atoms. The third-order valence-corrected chi connectivity index (χ3v) is 4.19. The van der Waals surface area contributed by atoms with E-state index in [1.807, 2.05) is 6.26 Å². The molecule has 1 atom stereocenters. The number of nitro benzene ring substituents is 1. The highest BCUT2D eigenvalue weighted by Gasteiger charge is 2.23. The molecule has 0 fully saturated rings. The molecule has 0 saturated heterocycles. The Hall–Kier alpha value is -2.75. The Bertz CT molecular complexity index is 736. The van der Waals surface area contributed by atoms with Gasteiger partial charge in [0.1, 0.15) is 6.04 Å². The molecule has 1 aliphatic heterocycles. The van der Waals surface area contributed by atoms with E-state index in [9.17, 15) is 19.7 Å². The van der Waals surface area contributed by atoms with Crippen molar-refractivity contribution in [1.82, 2.24) is 5.32 Å². The van der Waals surface area contributed by atoms with Gasteiger partial charge in [0.25, 0.3) is 5.69 Å². The molecule has 10 heteroatoms. The first-order chi connectivity index (χ1) is 12.5. The van der Waals surface area contributed by atoms with Gasteiger partial charge in [-0.25, -0.2) is 4.79 Å². The average Bonchev–Trinajstić information content (AvgIpc) is 3.09. The Morgan fingerprint density at radius 1 is 1.42 bits per heavy atom. The zero-order valence-electron chi connectivity index (χ0n) is 14.2. The lowest BCUT2D eigenvalue weighted by Crippen LogP contribution is -2.41. The lowest BCUT2D eigenvalue weighted by Gasteiger charge is -2.14. The minimum absolute atomic E-state index is 0.0175. The number of rotatable bonds is 8. The Balaban J connectivity index is 2.14. The van der Waals surface area contributed by atoms with Crippen LogP contribution in [0.25, 0.3) is 6.08 Å². The van der Waals surface area contributed by atoms with Crippen molar-refractivity contribution in [3.63, 3.8) is 0 Å². The summed E-state index contributed by atoms with van der Waals surface area (Å²) >= 11 is 1.53. The van der Waals surface area contributed by atoms with Gasteiger partial charge in [-0.3, -0.25) is 14.9 Å². The first kappa shape index (κ1) is 19.6. The van der Waals surface area contributed by atoms with Crippen molar-refractivity contribution >= 4 is 35.4 Å². The summed E-state index contributed by atoms with van der Waals surface area (Å²) in [5.74, 6) is 0.199. The molecule has 9 nitrogen and oxygen atoms in total. The summed E-state index contributed by atoms with van der Waals surface area (Å²) in [6.07, 6.45) is 4.71. The fraction of sp³-hybridized carbons (Fsp3) is 0.375. The molecule has 0 aliphatic carbocycles. The number of esters is 1. The van der Waals surface area contributed by atoms with Crippen LogP contribution in [0.1, 0.15) is 12.0 Å². The van der Waals surface area contributed by atoms with Gasteiger partial charge >= 0.3 is 5.97 Å². The molecule has 1 heterocycles. The molecule has 1 amide bonds. The van der Waals surface area contributed by atoms with E-state index in [2.05, 4.69) is 10.1 Å². The lowest BCUT2D eigenvalue weighted by molar-refractivity contribution is -0.385. The van der Waals surface area contributed by atoms with Crippen molar-refractivity contribution in [3.8, 4) is 11.5 Å². The number of fused-ring (bicyclic) bond motifs is 1. The summed E-state index contributed by atoms with van der Waals surface area (Å²) in [6, 6.07) is 1.89. The van der Waals surface area contributed by atoms with E-state index in [0.29, 0.717) is 17.9 Å². The molecule has 140 valence electrons. The van der Waals surface area contributed by atoms with Gasteiger partial charge < -0.3 is 19.5 Å². The molecule has 2 rings (SSSR count). The van der Waals surface area contributed by atoms with Gasteiger partial charge in [-0.2, -0.15) is 11.8 Å². The van der Waals surface area contributed by atoms with E-state index in [4.69, 9.17) is 9.47 Å². The van der Waals surface area contributed by atoms with Gasteiger partial charge in [0.2, 0.25) is 12.7 Å². The second-order valence-electron chi connectivity index (χ2n) is 5.22. The molecule has 0 unspecified atom stereocenters. The van der Waals surface area contributed by atoms with Crippen LogP contribution in [0.2, 0.25) is 0 Å². The fourth-order valence-corrected chi connectivity index (χ4v) is 2.72. The SMILES string of the molecule is COC(=O)[C@@H](CCSC)NC(=O)/C=C/c1cc2c(cc1[N+](=O)[O-])OCO2. The lowest BCUT2D eigenvalue weighted by atomic mass is 10.1. The normalized spacial score (nSPS) is 13.5. The van der Waals surface area contributed by atoms with E-state index in [0.717, 1.165) is 6.08 Å². The summed E-state index contributed by atoms with van der Waals surface area (Å²) < 4.78 is 15.0. The van der Waals surface area contributed by atoms with Gasteiger partial charge in [-0.1, -0.05) is 0 Å². The number of ether oxygens (including phenoxy) is 3. The maximum Gasteiger partial charge on any atom is 0.328 e. The number of hydrogen-bond donors (Lipinski definition) is 1. The monoisotopic (exact) mass is 382 g/mol. The molecule has 0 saturated carbocycles. The maximum atomic E-state index is 12.1. The first-order valence-corrected chi connectivity index (χ1v) is 8.99. The number of carbonyl (C=O) groups is 2.